The molecule has 5 N–H and O–H groups in total. The smallest absolute Gasteiger partial charge is 0.221 e. The molecule has 0 spiro atoms. The van der Waals surface area contributed by atoms with Crippen LogP contribution in [0.2, 0.25) is 0 Å². The van der Waals surface area contributed by atoms with Gasteiger partial charge in [-0.15, -0.1) is 0 Å². The fourth-order valence-corrected chi connectivity index (χ4v) is 3.98. The lowest BCUT2D eigenvalue weighted by molar-refractivity contribution is -0.114. The molecule has 3 aromatic rings. The van der Waals surface area contributed by atoms with Crippen LogP contribution < -0.4 is 26.6 Å². The Hall–Kier alpha value is -3.84. The summed E-state index contributed by atoms with van der Waals surface area (Å²) in [6.07, 6.45) is 4.67. The van der Waals surface area contributed by atoms with Crippen molar-refractivity contribution >= 4 is 40.3 Å². The molecule has 0 radical (unpaired) electrons. The first-order valence-corrected chi connectivity index (χ1v) is 10.7. The van der Waals surface area contributed by atoms with Gasteiger partial charge in [0, 0.05) is 43.9 Å². The zero-order chi connectivity index (χ0) is 22.2. The van der Waals surface area contributed by atoms with Gasteiger partial charge in [-0.05, 0) is 37.5 Å². The third kappa shape index (κ3) is 4.02. The van der Waals surface area contributed by atoms with Gasteiger partial charge in [0.15, 0.2) is 5.65 Å². The average molecular weight is 432 g/mol. The van der Waals surface area contributed by atoms with E-state index in [0.717, 1.165) is 55.2 Å². The van der Waals surface area contributed by atoms with Crippen LogP contribution in [-0.4, -0.2) is 45.7 Å². The summed E-state index contributed by atoms with van der Waals surface area (Å²) in [5, 5.41) is 23.4. The quantitative estimate of drug-likeness (QED) is 0.467. The maximum Gasteiger partial charge on any atom is 0.221 e. The Morgan fingerprint density at radius 2 is 2.12 bits per heavy atom. The molecule has 0 bridgehead atoms. The molecule has 2 fully saturated rings. The molecular formula is C22H25N9O. The number of nitrogens with one attached hydrogen (secondary N) is 3. The molecule has 3 heterocycles. The second-order valence-corrected chi connectivity index (χ2v) is 8.38. The molecule has 1 saturated heterocycles. The van der Waals surface area contributed by atoms with Crippen LogP contribution in [-0.2, 0) is 4.79 Å². The lowest BCUT2D eigenvalue weighted by Gasteiger charge is -2.22. The highest BCUT2D eigenvalue weighted by Crippen LogP contribution is 2.33. The number of benzene rings is 1. The third-order valence-electron chi connectivity index (χ3n) is 5.67. The van der Waals surface area contributed by atoms with Crippen molar-refractivity contribution in [1.29, 1.82) is 5.26 Å². The van der Waals surface area contributed by atoms with E-state index in [-0.39, 0.29) is 11.9 Å². The number of amides is 1. The lowest BCUT2D eigenvalue weighted by atomic mass is 10.2. The van der Waals surface area contributed by atoms with Gasteiger partial charge in [-0.25, -0.2) is 4.98 Å². The summed E-state index contributed by atoms with van der Waals surface area (Å²) in [7, 11) is 0. The number of nitrogens with zero attached hydrogens (tertiary/aromatic N) is 5. The predicted octanol–water partition coefficient (Wildman–Crippen LogP) is 2.41. The molecule has 10 heteroatoms. The number of fused-ring (bicyclic) bond motifs is 1. The molecule has 1 aromatic carbocycles. The number of rotatable bonds is 6. The van der Waals surface area contributed by atoms with Crippen LogP contribution >= 0.6 is 0 Å². The van der Waals surface area contributed by atoms with E-state index < -0.39 is 0 Å². The second kappa shape index (κ2) is 8.01. The van der Waals surface area contributed by atoms with Crippen molar-refractivity contribution in [2.45, 2.75) is 38.3 Å². The van der Waals surface area contributed by atoms with Crippen molar-refractivity contribution in [2.75, 3.05) is 33.9 Å². The molecule has 1 aliphatic carbocycles. The molecule has 1 atom stereocenters. The Morgan fingerprint density at radius 1 is 1.28 bits per heavy atom. The van der Waals surface area contributed by atoms with Gasteiger partial charge in [0.1, 0.15) is 23.3 Å². The van der Waals surface area contributed by atoms with Crippen LogP contribution in [0.15, 0.2) is 30.5 Å². The largest absolute Gasteiger partial charge is 0.368 e. The van der Waals surface area contributed by atoms with E-state index in [1.807, 2.05) is 24.3 Å². The number of nitrogens with two attached hydrogens (primary N) is 1. The first-order valence-electron chi connectivity index (χ1n) is 10.7. The van der Waals surface area contributed by atoms with E-state index in [9.17, 15) is 10.1 Å². The van der Waals surface area contributed by atoms with E-state index >= 15 is 0 Å². The van der Waals surface area contributed by atoms with Gasteiger partial charge in [-0.1, -0.05) is 0 Å². The maximum absolute atomic E-state index is 11.8. The van der Waals surface area contributed by atoms with Crippen molar-refractivity contribution in [3.63, 3.8) is 0 Å². The molecule has 164 valence electrons. The van der Waals surface area contributed by atoms with Crippen molar-refractivity contribution in [3.8, 4) is 6.07 Å². The van der Waals surface area contributed by atoms with Crippen LogP contribution in [0.25, 0.3) is 5.65 Å². The number of aromatic nitrogens is 3. The molecule has 2 aliphatic rings. The second-order valence-electron chi connectivity index (χ2n) is 8.38. The Kier molecular flexibility index (Phi) is 5.03. The van der Waals surface area contributed by atoms with Gasteiger partial charge in [0.2, 0.25) is 5.91 Å². The molecule has 0 unspecified atom stereocenters. The summed E-state index contributed by atoms with van der Waals surface area (Å²) in [6, 6.07) is 10.4. The molecular weight excluding hydrogens is 406 g/mol. The minimum atomic E-state index is -0.139. The molecule has 2 aromatic heterocycles. The highest BCUT2D eigenvalue weighted by molar-refractivity contribution is 5.94. The minimum Gasteiger partial charge on any atom is -0.368 e. The minimum absolute atomic E-state index is 0.135. The van der Waals surface area contributed by atoms with E-state index in [0.29, 0.717) is 23.1 Å². The Morgan fingerprint density at radius 3 is 2.81 bits per heavy atom. The monoisotopic (exact) mass is 431 g/mol. The number of hydrogen-bond donors (Lipinski definition) is 4. The standard InChI is InChI=1S/C22H25N9O/c1-13(32)26-18-8-17(4-5-19(18)30-7-6-15(24)12-30)27-20-9-21(28-16-2-3-16)31-22(29-20)14(10-23)11-25-31/h4-5,8-9,11,15-16,28H,2-3,6-7,12,24H2,1H3,(H,26,32)(H,27,29)/t15-/m0/s1. The van der Waals surface area contributed by atoms with Crippen molar-refractivity contribution in [3.05, 3.63) is 36.0 Å². The zero-order valence-corrected chi connectivity index (χ0v) is 17.8. The van der Waals surface area contributed by atoms with Gasteiger partial charge >= 0.3 is 0 Å². The van der Waals surface area contributed by atoms with E-state index in [1.54, 1.807) is 4.52 Å². The summed E-state index contributed by atoms with van der Waals surface area (Å²) in [5.74, 6) is 1.23. The fourth-order valence-electron chi connectivity index (χ4n) is 3.98. The summed E-state index contributed by atoms with van der Waals surface area (Å²) in [5.41, 5.74) is 9.41. The highest BCUT2D eigenvalue weighted by Gasteiger charge is 2.24. The number of nitriles is 1. The van der Waals surface area contributed by atoms with Gasteiger partial charge in [-0.3, -0.25) is 4.79 Å². The van der Waals surface area contributed by atoms with Crippen LogP contribution in [0.3, 0.4) is 0 Å². The fraction of sp³-hybridized carbons (Fsp3) is 0.364. The van der Waals surface area contributed by atoms with E-state index in [2.05, 4.69) is 37.0 Å². The lowest BCUT2D eigenvalue weighted by Crippen LogP contribution is -2.27. The molecule has 1 saturated carbocycles. The SMILES string of the molecule is CC(=O)Nc1cc(Nc2cc(NC3CC3)n3ncc(C#N)c3n2)ccc1N1CC[C@H](N)C1. The summed E-state index contributed by atoms with van der Waals surface area (Å²) in [6.45, 7) is 3.10. The third-order valence-corrected chi connectivity index (χ3v) is 5.67. The zero-order valence-electron chi connectivity index (χ0n) is 17.8. The first-order chi connectivity index (χ1) is 15.5. The molecule has 1 amide bonds. The predicted molar refractivity (Wildman–Crippen MR) is 123 cm³/mol. The van der Waals surface area contributed by atoms with Gasteiger partial charge in [0.25, 0.3) is 0 Å². The summed E-state index contributed by atoms with van der Waals surface area (Å²) >= 11 is 0. The Bertz CT molecular complexity index is 1220. The molecule has 10 nitrogen and oxygen atoms in total. The van der Waals surface area contributed by atoms with Crippen LogP contribution in [0, 0.1) is 11.3 Å². The van der Waals surface area contributed by atoms with E-state index in [4.69, 9.17) is 5.73 Å². The first kappa shape index (κ1) is 20.1. The molecule has 1 aliphatic heterocycles. The maximum atomic E-state index is 11.8. The summed E-state index contributed by atoms with van der Waals surface area (Å²) < 4.78 is 1.66. The van der Waals surface area contributed by atoms with Crippen molar-refractivity contribution in [2.24, 2.45) is 5.73 Å². The number of carbonyl (C=O) groups is 1. The highest BCUT2D eigenvalue weighted by atomic mass is 16.1. The van der Waals surface area contributed by atoms with Crippen LogP contribution in [0.1, 0.15) is 31.7 Å². The van der Waals surface area contributed by atoms with Crippen molar-refractivity contribution in [1.82, 2.24) is 14.6 Å². The van der Waals surface area contributed by atoms with Gasteiger partial charge in [0.05, 0.1) is 17.6 Å². The van der Waals surface area contributed by atoms with Crippen molar-refractivity contribution < 1.29 is 4.79 Å². The average Bonchev–Trinajstić information content (AvgIpc) is 3.30. The molecule has 5 rings (SSSR count). The van der Waals surface area contributed by atoms with E-state index in [1.165, 1.54) is 13.1 Å². The number of carbonyl (C=O) groups excluding carboxylic acids is 1. The molecule has 32 heavy (non-hydrogen) atoms. The van der Waals surface area contributed by atoms with Gasteiger partial charge in [-0.2, -0.15) is 14.9 Å². The topological polar surface area (TPSA) is 136 Å². The number of anilines is 5. The normalized spacial score (nSPS) is 17.9. The van der Waals surface area contributed by atoms with Gasteiger partial charge < -0.3 is 26.6 Å². The van der Waals surface area contributed by atoms with Crippen LogP contribution in [0.5, 0.6) is 0 Å². The number of hydrogen-bond acceptors (Lipinski definition) is 8. The van der Waals surface area contributed by atoms with Crippen LogP contribution in [0.4, 0.5) is 28.7 Å². The Labute approximate surface area is 185 Å². The Balaban J connectivity index is 1.48. The summed E-state index contributed by atoms with van der Waals surface area (Å²) in [4.78, 5) is 18.6.